The molecule has 0 aromatic carbocycles. The molecule has 0 bridgehead atoms. The fourth-order valence-corrected chi connectivity index (χ4v) is 3.01. The minimum absolute atomic E-state index is 0.0512. The first-order chi connectivity index (χ1) is 7.61. The number of rotatable bonds is 2. The molecule has 90 valence electrons. The van der Waals surface area contributed by atoms with Crippen LogP contribution in [-0.4, -0.2) is 26.5 Å². The lowest BCUT2D eigenvalue weighted by Gasteiger charge is -2.13. The molecule has 0 aromatic rings. The van der Waals surface area contributed by atoms with Gasteiger partial charge in [0, 0.05) is 21.2 Å². The summed E-state index contributed by atoms with van der Waals surface area (Å²) in [6.07, 6.45) is 2.94. The Kier molecular flexibility index (Phi) is 4.37. The van der Waals surface area contributed by atoms with Crippen molar-refractivity contribution in [2.45, 2.75) is 42.3 Å². The van der Waals surface area contributed by atoms with E-state index in [1.165, 1.54) is 0 Å². The van der Waals surface area contributed by atoms with Crippen LogP contribution in [0.1, 0.15) is 26.2 Å². The maximum Gasteiger partial charge on any atom is 0.337 e. The maximum absolute atomic E-state index is 11.6. The summed E-state index contributed by atoms with van der Waals surface area (Å²) in [5.74, 6) is 0.712. The molecule has 0 radical (unpaired) electrons. The summed E-state index contributed by atoms with van der Waals surface area (Å²) in [6.45, 7) is 2.14. The topological polar surface area (TPSA) is 35.5 Å². The largest absolute Gasteiger partial charge is 0.493 e. The third-order valence-electron chi connectivity index (χ3n) is 2.92. The molecule has 0 saturated carbocycles. The molecule has 0 N–H and O–H groups in total. The van der Waals surface area contributed by atoms with E-state index in [1.54, 1.807) is 0 Å². The fraction of sp³-hybridized carbons (Fsp3) is 0.727. The predicted octanol–water partition coefficient (Wildman–Crippen LogP) is 2.99. The number of hydrogen-bond donors (Lipinski definition) is 0. The molecule has 2 heterocycles. The van der Waals surface area contributed by atoms with Crippen molar-refractivity contribution in [1.29, 1.82) is 0 Å². The normalized spacial score (nSPS) is 36.1. The van der Waals surface area contributed by atoms with E-state index in [0.29, 0.717) is 3.92 Å². The lowest BCUT2D eigenvalue weighted by molar-refractivity contribution is -0.138. The van der Waals surface area contributed by atoms with E-state index >= 15 is 0 Å². The molecule has 16 heavy (non-hydrogen) atoms. The minimum atomic E-state index is -0.168. The molecule has 3 nitrogen and oxygen atoms in total. The number of allylic oxidation sites excluding steroid dienone is 1. The van der Waals surface area contributed by atoms with Crippen LogP contribution in [0.4, 0.5) is 0 Å². The Morgan fingerprint density at radius 3 is 2.75 bits per heavy atom. The summed E-state index contributed by atoms with van der Waals surface area (Å²) in [5, 5.41) is 0. The first-order valence-electron chi connectivity index (χ1n) is 5.41. The second-order valence-electron chi connectivity index (χ2n) is 4.16. The van der Waals surface area contributed by atoms with Gasteiger partial charge in [-0.25, -0.2) is 4.79 Å². The number of ether oxygens (including phenoxy) is 2. The Balaban J connectivity index is 2.09. The Morgan fingerprint density at radius 1 is 1.50 bits per heavy atom. The molecule has 0 aliphatic carbocycles. The smallest absolute Gasteiger partial charge is 0.337 e. The summed E-state index contributed by atoms with van der Waals surface area (Å²) in [4.78, 5) is 11.6. The van der Waals surface area contributed by atoms with Crippen molar-refractivity contribution >= 4 is 51.2 Å². The summed E-state index contributed by atoms with van der Waals surface area (Å²) >= 11 is 4.62. The molecule has 0 spiro atoms. The van der Waals surface area contributed by atoms with Crippen LogP contribution in [0, 0.1) is 0 Å². The molecule has 5 heteroatoms. The Hall–Kier alpha value is 0.470. The quantitative estimate of drug-likeness (QED) is 0.282. The zero-order valence-electron chi connectivity index (χ0n) is 9.04. The standard InChI is InChI=1S/C11H14I2O3/c1-6(13)9-2-3-10(16-9)8-4-7(5-12)15-11(8)14/h6-7,9H,2-5H2,1H3/b10-8+. The van der Waals surface area contributed by atoms with Gasteiger partial charge in [-0.3, -0.25) is 0 Å². The molecule has 3 unspecified atom stereocenters. The average Bonchev–Trinajstić information content (AvgIpc) is 2.83. The molecule has 2 rings (SSSR count). The van der Waals surface area contributed by atoms with Crippen molar-refractivity contribution in [1.82, 2.24) is 0 Å². The van der Waals surface area contributed by atoms with E-state index in [9.17, 15) is 4.79 Å². The number of carbonyl (C=O) groups is 1. The van der Waals surface area contributed by atoms with Crippen molar-refractivity contribution in [2.75, 3.05) is 4.43 Å². The molecule has 2 saturated heterocycles. The van der Waals surface area contributed by atoms with Gasteiger partial charge in [-0.05, 0) is 13.3 Å². The first-order valence-corrected chi connectivity index (χ1v) is 8.18. The maximum atomic E-state index is 11.6. The lowest BCUT2D eigenvalue weighted by atomic mass is 10.1. The van der Waals surface area contributed by atoms with E-state index in [2.05, 4.69) is 52.1 Å². The van der Waals surface area contributed by atoms with E-state index in [0.717, 1.165) is 35.0 Å². The van der Waals surface area contributed by atoms with Crippen LogP contribution in [-0.2, 0) is 14.3 Å². The fourth-order valence-electron chi connectivity index (χ4n) is 2.01. The SMILES string of the molecule is CC(I)C1CC/C(=C2/CC(CI)OC2=O)O1. The number of carbonyl (C=O) groups excluding carboxylic acids is 1. The molecule has 2 aliphatic rings. The van der Waals surface area contributed by atoms with Gasteiger partial charge in [-0.1, -0.05) is 45.2 Å². The molecule has 2 aliphatic heterocycles. The number of cyclic esters (lactones) is 1. The number of esters is 1. The second-order valence-corrected chi connectivity index (χ2v) is 7.01. The highest BCUT2D eigenvalue weighted by molar-refractivity contribution is 14.1. The second kappa shape index (κ2) is 5.41. The summed E-state index contributed by atoms with van der Waals surface area (Å²) < 4.78 is 12.4. The third kappa shape index (κ3) is 2.65. The van der Waals surface area contributed by atoms with Crippen LogP contribution in [0.5, 0.6) is 0 Å². The van der Waals surface area contributed by atoms with Gasteiger partial charge in [0.2, 0.25) is 0 Å². The van der Waals surface area contributed by atoms with Crippen molar-refractivity contribution in [3.8, 4) is 0 Å². The molecule has 2 fully saturated rings. The van der Waals surface area contributed by atoms with Gasteiger partial charge < -0.3 is 9.47 Å². The van der Waals surface area contributed by atoms with Crippen LogP contribution < -0.4 is 0 Å². The number of alkyl halides is 2. The first kappa shape index (κ1) is 12.9. The predicted molar refractivity (Wildman–Crippen MR) is 78.0 cm³/mol. The highest BCUT2D eigenvalue weighted by atomic mass is 127. The van der Waals surface area contributed by atoms with Crippen LogP contribution in [0.2, 0.25) is 0 Å². The van der Waals surface area contributed by atoms with Crippen molar-refractivity contribution in [3.63, 3.8) is 0 Å². The zero-order valence-corrected chi connectivity index (χ0v) is 13.4. The Bertz CT molecular complexity index is 325. The molecular weight excluding hydrogens is 434 g/mol. The van der Waals surface area contributed by atoms with Crippen LogP contribution in [0.25, 0.3) is 0 Å². The number of halogens is 2. The van der Waals surface area contributed by atoms with E-state index in [1.807, 2.05) is 0 Å². The van der Waals surface area contributed by atoms with E-state index in [-0.39, 0.29) is 18.2 Å². The van der Waals surface area contributed by atoms with Crippen LogP contribution >= 0.6 is 45.2 Å². The third-order valence-corrected chi connectivity index (χ3v) is 4.71. The number of hydrogen-bond acceptors (Lipinski definition) is 3. The van der Waals surface area contributed by atoms with Gasteiger partial charge >= 0.3 is 5.97 Å². The molecule has 0 aromatic heterocycles. The minimum Gasteiger partial charge on any atom is -0.493 e. The van der Waals surface area contributed by atoms with E-state index < -0.39 is 0 Å². The highest BCUT2D eigenvalue weighted by Gasteiger charge is 2.35. The average molecular weight is 448 g/mol. The van der Waals surface area contributed by atoms with Crippen molar-refractivity contribution in [3.05, 3.63) is 11.3 Å². The van der Waals surface area contributed by atoms with Crippen LogP contribution in [0.15, 0.2) is 11.3 Å². The van der Waals surface area contributed by atoms with Gasteiger partial charge in [0.1, 0.15) is 18.0 Å². The lowest BCUT2D eigenvalue weighted by Crippen LogP contribution is -2.15. The summed E-state index contributed by atoms with van der Waals surface area (Å²) in [5.41, 5.74) is 0.779. The van der Waals surface area contributed by atoms with E-state index in [4.69, 9.17) is 9.47 Å². The highest BCUT2D eigenvalue weighted by Crippen LogP contribution is 2.34. The molecule has 3 atom stereocenters. The summed E-state index contributed by atoms with van der Waals surface area (Å²) in [7, 11) is 0. The Morgan fingerprint density at radius 2 is 2.25 bits per heavy atom. The van der Waals surface area contributed by atoms with Gasteiger partial charge in [-0.2, -0.15) is 0 Å². The molecule has 0 amide bonds. The van der Waals surface area contributed by atoms with Gasteiger partial charge in [-0.15, -0.1) is 0 Å². The Labute approximate surface area is 123 Å². The van der Waals surface area contributed by atoms with Gasteiger partial charge in [0.25, 0.3) is 0 Å². The zero-order chi connectivity index (χ0) is 11.7. The van der Waals surface area contributed by atoms with Crippen molar-refractivity contribution in [2.24, 2.45) is 0 Å². The van der Waals surface area contributed by atoms with Gasteiger partial charge in [0.15, 0.2) is 0 Å². The van der Waals surface area contributed by atoms with Gasteiger partial charge in [0.05, 0.1) is 5.57 Å². The summed E-state index contributed by atoms with van der Waals surface area (Å²) in [6, 6.07) is 0. The monoisotopic (exact) mass is 448 g/mol. The molecular formula is C11H14I2O3. The van der Waals surface area contributed by atoms with Crippen LogP contribution in [0.3, 0.4) is 0 Å². The van der Waals surface area contributed by atoms with Crippen molar-refractivity contribution < 1.29 is 14.3 Å².